The number of thiazole rings is 1. The summed E-state index contributed by atoms with van der Waals surface area (Å²) in [5.41, 5.74) is 2.45. The largest absolute Gasteiger partial charge is 0.356 e. The summed E-state index contributed by atoms with van der Waals surface area (Å²) < 4.78 is 2.31. The molecule has 0 aliphatic rings. The van der Waals surface area contributed by atoms with Crippen LogP contribution in [-0.2, 0) is 13.0 Å². The molecule has 0 aliphatic carbocycles. The van der Waals surface area contributed by atoms with Crippen LogP contribution in [0, 0.1) is 13.8 Å². The number of hydrogen-bond acceptors (Lipinski definition) is 3. The molecule has 2 N–H and O–H groups in total. The number of benzene rings is 1. The summed E-state index contributed by atoms with van der Waals surface area (Å²) in [6.45, 7) is 6.89. The Morgan fingerprint density at radius 1 is 1.15 bits per heavy atom. The predicted octanol–water partition coefficient (Wildman–Crippen LogP) is 3.51. The molecule has 3 rings (SSSR count). The van der Waals surface area contributed by atoms with Crippen molar-refractivity contribution in [2.75, 3.05) is 20.1 Å². The highest BCUT2D eigenvalue weighted by Crippen LogP contribution is 2.17. The Balaban J connectivity index is 1.39. The van der Waals surface area contributed by atoms with Crippen molar-refractivity contribution in [1.29, 1.82) is 0 Å². The molecule has 0 amide bonds. The number of hydrogen-bond donors (Lipinski definition) is 2. The van der Waals surface area contributed by atoms with E-state index in [1.807, 2.05) is 7.05 Å². The Labute approximate surface area is 159 Å². The van der Waals surface area contributed by atoms with E-state index in [4.69, 9.17) is 0 Å². The van der Waals surface area contributed by atoms with Crippen LogP contribution in [-0.4, -0.2) is 35.6 Å². The zero-order chi connectivity index (χ0) is 18.4. The van der Waals surface area contributed by atoms with E-state index in [0.29, 0.717) is 0 Å². The van der Waals surface area contributed by atoms with Gasteiger partial charge in [-0.3, -0.25) is 4.99 Å². The number of fused-ring (bicyclic) bond motifs is 1. The van der Waals surface area contributed by atoms with Gasteiger partial charge >= 0.3 is 0 Å². The van der Waals surface area contributed by atoms with Crippen LogP contribution in [0.4, 0.5) is 0 Å². The number of aromatic nitrogens is 2. The fraction of sp³-hybridized carbons (Fsp3) is 0.400. The topological polar surface area (TPSA) is 54.2 Å². The number of nitrogens with one attached hydrogen (secondary N) is 2. The normalized spacial score (nSPS) is 11.9. The van der Waals surface area contributed by atoms with Gasteiger partial charge in [-0.1, -0.05) is 18.2 Å². The maximum Gasteiger partial charge on any atom is 0.190 e. The van der Waals surface area contributed by atoms with Gasteiger partial charge in [0.1, 0.15) is 0 Å². The number of aryl methyl sites for hydroxylation is 3. The van der Waals surface area contributed by atoms with Crippen molar-refractivity contribution in [3.05, 3.63) is 52.1 Å². The Kier molecular flexibility index (Phi) is 6.28. The molecule has 0 aliphatic heterocycles. The lowest BCUT2D eigenvalue weighted by atomic mass is 10.2. The van der Waals surface area contributed by atoms with Crippen LogP contribution >= 0.6 is 11.3 Å². The van der Waals surface area contributed by atoms with Crippen LogP contribution in [0.3, 0.4) is 0 Å². The highest BCUT2D eigenvalue weighted by atomic mass is 32.1. The number of aliphatic imine (C=N–C) groups is 1. The Bertz CT molecular complexity index is 877. The number of rotatable bonds is 7. The molecule has 0 radical (unpaired) electrons. The van der Waals surface area contributed by atoms with Gasteiger partial charge in [0.2, 0.25) is 0 Å². The van der Waals surface area contributed by atoms with Gasteiger partial charge in [0, 0.05) is 49.7 Å². The lowest BCUT2D eigenvalue weighted by Crippen LogP contribution is -2.38. The summed E-state index contributed by atoms with van der Waals surface area (Å²) in [5, 5.41) is 9.22. The predicted molar refractivity (Wildman–Crippen MR) is 111 cm³/mol. The molecule has 2 aromatic heterocycles. The molecular weight excluding hydrogens is 342 g/mol. The van der Waals surface area contributed by atoms with Crippen molar-refractivity contribution >= 4 is 28.2 Å². The first-order valence-corrected chi connectivity index (χ1v) is 9.90. The van der Waals surface area contributed by atoms with Gasteiger partial charge in [0.15, 0.2) is 5.96 Å². The van der Waals surface area contributed by atoms with Gasteiger partial charge in [-0.15, -0.1) is 11.3 Å². The van der Waals surface area contributed by atoms with Crippen LogP contribution in [0.5, 0.6) is 0 Å². The number of guanidine groups is 1. The molecule has 0 bridgehead atoms. The van der Waals surface area contributed by atoms with Gasteiger partial charge < -0.3 is 15.2 Å². The van der Waals surface area contributed by atoms with E-state index >= 15 is 0 Å². The van der Waals surface area contributed by atoms with Crippen LogP contribution < -0.4 is 10.6 Å². The SMILES string of the molecule is CN=C(NCCCn1ccc2ccccc21)NCCc1sc(C)nc1C. The molecule has 0 saturated carbocycles. The second-order valence-electron chi connectivity index (χ2n) is 6.34. The van der Waals surface area contributed by atoms with E-state index in [1.165, 1.54) is 15.8 Å². The van der Waals surface area contributed by atoms with Crippen LogP contribution in [0.15, 0.2) is 41.5 Å². The molecule has 26 heavy (non-hydrogen) atoms. The smallest absolute Gasteiger partial charge is 0.190 e. The first kappa shape index (κ1) is 18.5. The molecular formula is C20H27N5S. The zero-order valence-corrected chi connectivity index (χ0v) is 16.6. The van der Waals surface area contributed by atoms with Crippen molar-refractivity contribution in [3.8, 4) is 0 Å². The van der Waals surface area contributed by atoms with Crippen molar-refractivity contribution in [3.63, 3.8) is 0 Å². The fourth-order valence-electron chi connectivity index (χ4n) is 3.11. The summed E-state index contributed by atoms with van der Waals surface area (Å²) in [5.74, 6) is 0.862. The average molecular weight is 370 g/mol. The zero-order valence-electron chi connectivity index (χ0n) is 15.7. The van der Waals surface area contributed by atoms with Gasteiger partial charge in [-0.05, 0) is 37.8 Å². The van der Waals surface area contributed by atoms with Gasteiger partial charge in [-0.2, -0.15) is 0 Å². The second kappa shape index (κ2) is 8.85. The van der Waals surface area contributed by atoms with Crippen molar-refractivity contribution in [2.45, 2.75) is 33.2 Å². The third-order valence-electron chi connectivity index (χ3n) is 4.42. The Hall–Kier alpha value is -2.34. The minimum atomic E-state index is 0.862. The summed E-state index contributed by atoms with van der Waals surface area (Å²) >= 11 is 1.78. The number of para-hydroxylation sites is 1. The van der Waals surface area contributed by atoms with E-state index in [-0.39, 0.29) is 0 Å². The standard InChI is InChI=1S/C20H27N5S/c1-15-19(26-16(2)24-15)9-12-23-20(21-3)22-11-6-13-25-14-10-17-7-4-5-8-18(17)25/h4-5,7-8,10,14H,6,9,11-13H2,1-3H3,(H2,21,22,23). The molecule has 1 aromatic carbocycles. The first-order chi connectivity index (χ1) is 12.7. The highest BCUT2D eigenvalue weighted by Gasteiger charge is 2.05. The molecule has 0 spiro atoms. The van der Waals surface area contributed by atoms with Crippen molar-refractivity contribution in [1.82, 2.24) is 20.2 Å². The summed E-state index contributed by atoms with van der Waals surface area (Å²) in [4.78, 5) is 10.1. The van der Waals surface area contributed by atoms with E-state index in [0.717, 1.165) is 49.1 Å². The van der Waals surface area contributed by atoms with Crippen LogP contribution in [0.2, 0.25) is 0 Å². The molecule has 0 atom stereocenters. The highest BCUT2D eigenvalue weighted by molar-refractivity contribution is 7.11. The maximum atomic E-state index is 4.48. The minimum Gasteiger partial charge on any atom is -0.356 e. The van der Waals surface area contributed by atoms with Crippen LogP contribution in [0.1, 0.15) is 22.0 Å². The Morgan fingerprint density at radius 2 is 1.96 bits per heavy atom. The molecule has 5 nitrogen and oxygen atoms in total. The summed E-state index contributed by atoms with van der Waals surface area (Å²) in [6.07, 6.45) is 4.19. The van der Waals surface area contributed by atoms with E-state index in [1.54, 1.807) is 11.3 Å². The van der Waals surface area contributed by atoms with E-state index < -0.39 is 0 Å². The van der Waals surface area contributed by atoms with Gasteiger partial charge in [-0.25, -0.2) is 4.98 Å². The third kappa shape index (κ3) is 4.64. The minimum absolute atomic E-state index is 0.862. The molecule has 0 saturated heterocycles. The fourth-order valence-corrected chi connectivity index (χ4v) is 4.05. The monoisotopic (exact) mass is 369 g/mol. The maximum absolute atomic E-state index is 4.48. The number of nitrogens with zero attached hydrogens (tertiary/aromatic N) is 3. The molecule has 138 valence electrons. The average Bonchev–Trinajstić information content (AvgIpc) is 3.19. The first-order valence-electron chi connectivity index (χ1n) is 9.08. The van der Waals surface area contributed by atoms with Crippen LogP contribution in [0.25, 0.3) is 10.9 Å². The van der Waals surface area contributed by atoms with E-state index in [9.17, 15) is 0 Å². The summed E-state index contributed by atoms with van der Waals surface area (Å²) in [6, 6.07) is 10.7. The van der Waals surface area contributed by atoms with E-state index in [2.05, 4.69) is 75.6 Å². The van der Waals surface area contributed by atoms with Crippen molar-refractivity contribution in [2.24, 2.45) is 4.99 Å². The summed E-state index contributed by atoms with van der Waals surface area (Å²) in [7, 11) is 1.82. The lowest BCUT2D eigenvalue weighted by Gasteiger charge is -2.12. The van der Waals surface area contributed by atoms with Gasteiger partial charge in [0.25, 0.3) is 0 Å². The Morgan fingerprint density at radius 3 is 2.73 bits per heavy atom. The third-order valence-corrected chi connectivity index (χ3v) is 5.55. The molecule has 0 fully saturated rings. The van der Waals surface area contributed by atoms with Gasteiger partial charge in [0.05, 0.1) is 10.7 Å². The molecule has 3 aromatic rings. The molecule has 0 unspecified atom stereocenters. The lowest BCUT2D eigenvalue weighted by molar-refractivity contribution is 0.640. The second-order valence-corrected chi connectivity index (χ2v) is 7.63. The van der Waals surface area contributed by atoms with Crippen molar-refractivity contribution < 1.29 is 0 Å². The quantitative estimate of drug-likeness (QED) is 0.381. The molecule has 2 heterocycles. The molecule has 6 heteroatoms.